The highest BCUT2D eigenvalue weighted by Crippen LogP contribution is 2.33. The van der Waals surface area contributed by atoms with Crippen molar-refractivity contribution in [3.63, 3.8) is 0 Å². The van der Waals surface area contributed by atoms with Gasteiger partial charge in [0.05, 0.1) is 17.6 Å². The third-order valence-electron chi connectivity index (χ3n) is 6.07. The Kier molecular flexibility index (Phi) is 6.54. The van der Waals surface area contributed by atoms with Gasteiger partial charge in [-0.15, -0.1) is 0 Å². The normalized spacial score (nSPS) is 11.9. The predicted molar refractivity (Wildman–Crippen MR) is 139 cm³/mol. The quantitative estimate of drug-likeness (QED) is 0.320. The number of nitrogens with zero attached hydrogens (tertiary/aromatic N) is 5. The Bertz CT molecular complexity index is 1720. The second-order valence-electron chi connectivity index (χ2n) is 9.47. The van der Waals surface area contributed by atoms with Gasteiger partial charge in [-0.2, -0.15) is 23.4 Å². The maximum Gasteiger partial charge on any atom is 0.433 e. The van der Waals surface area contributed by atoms with Crippen LogP contribution in [-0.4, -0.2) is 42.7 Å². The first-order chi connectivity index (χ1) is 18.5. The Labute approximate surface area is 220 Å². The molecule has 0 atom stereocenters. The van der Waals surface area contributed by atoms with Crippen LogP contribution >= 0.6 is 0 Å². The molecule has 2 N–H and O–H groups in total. The van der Waals surface area contributed by atoms with Crippen LogP contribution < -0.4 is 10.6 Å². The molecule has 5 rings (SSSR count). The number of benzene rings is 2. The maximum atomic E-state index is 14.1. The van der Waals surface area contributed by atoms with E-state index < -0.39 is 23.7 Å². The Morgan fingerprint density at radius 2 is 1.74 bits per heavy atom. The number of hydrogen-bond acceptors (Lipinski definition) is 5. The highest BCUT2D eigenvalue weighted by atomic mass is 19.4. The summed E-state index contributed by atoms with van der Waals surface area (Å²) in [6.07, 6.45) is -3.48. The molecule has 0 radical (unpaired) electrons. The number of carbonyl (C=O) groups excluding carboxylic acids is 2. The van der Waals surface area contributed by atoms with Crippen LogP contribution in [0.25, 0.3) is 27.7 Å². The molecule has 0 aliphatic carbocycles. The van der Waals surface area contributed by atoms with Gasteiger partial charge >= 0.3 is 6.18 Å². The molecular weight excluding hydrogens is 511 g/mol. The highest BCUT2D eigenvalue weighted by molar-refractivity contribution is 6.07. The molecule has 0 bridgehead atoms. The SMILES string of the molecule is CC(C)CNC(=O)c1c(NC(=O)c2cc3nc(-c4ccc5ccccc5c4)cc(C(F)(F)F)n3n2)cnn1C. The Morgan fingerprint density at radius 1 is 1.00 bits per heavy atom. The van der Waals surface area contributed by atoms with Gasteiger partial charge < -0.3 is 10.6 Å². The van der Waals surface area contributed by atoms with Crippen molar-refractivity contribution in [1.82, 2.24) is 29.7 Å². The van der Waals surface area contributed by atoms with Crippen molar-refractivity contribution in [2.24, 2.45) is 13.0 Å². The molecule has 2 amide bonds. The smallest absolute Gasteiger partial charge is 0.350 e. The van der Waals surface area contributed by atoms with Crippen molar-refractivity contribution in [2.75, 3.05) is 11.9 Å². The highest BCUT2D eigenvalue weighted by Gasteiger charge is 2.36. The summed E-state index contributed by atoms with van der Waals surface area (Å²) in [4.78, 5) is 30.0. The minimum Gasteiger partial charge on any atom is -0.350 e. The summed E-state index contributed by atoms with van der Waals surface area (Å²) in [5.74, 6) is -1.06. The van der Waals surface area contributed by atoms with Gasteiger partial charge in [0.2, 0.25) is 0 Å². The fraction of sp³-hybridized carbons (Fsp3) is 0.222. The Hall–Kier alpha value is -4.74. The molecule has 0 saturated heterocycles. The van der Waals surface area contributed by atoms with E-state index in [9.17, 15) is 22.8 Å². The molecule has 0 unspecified atom stereocenters. The number of fused-ring (bicyclic) bond motifs is 2. The fourth-order valence-electron chi connectivity index (χ4n) is 4.15. The average molecular weight is 536 g/mol. The van der Waals surface area contributed by atoms with Gasteiger partial charge in [0.15, 0.2) is 17.0 Å². The Balaban J connectivity index is 1.51. The molecule has 39 heavy (non-hydrogen) atoms. The van der Waals surface area contributed by atoms with Crippen molar-refractivity contribution in [1.29, 1.82) is 0 Å². The molecule has 200 valence electrons. The standard InChI is InChI=1S/C27H24F3N7O2/c1-15(2)13-31-26(39)24-21(14-32-36(24)3)34-25(38)20-12-23-33-19(11-22(27(28,29)30)37(23)35-20)18-9-8-16-6-4-5-7-17(16)10-18/h4-12,14-15H,13H2,1-3H3,(H,31,39)(H,34,38). The number of anilines is 1. The van der Waals surface area contributed by atoms with Gasteiger partial charge in [-0.3, -0.25) is 14.3 Å². The molecule has 0 saturated carbocycles. The molecule has 3 heterocycles. The first kappa shape index (κ1) is 25.9. The van der Waals surface area contributed by atoms with E-state index in [2.05, 4.69) is 25.8 Å². The zero-order valence-electron chi connectivity index (χ0n) is 21.2. The number of amides is 2. The molecule has 0 aliphatic rings. The molecule has 2 aromatic carbocycles. The van der Waals surface area contributed by atoms with Crippen LogP contribution in [0.1, 0.15) is 40.5 Å². The van der Waals surface area contributed by atoms with E-state index in [4.69, 9.17) is 0 Å². The van der Waals surface area contributed by atoms with Crippen molar-refractivity contribution < 1.29 is 22.8 Å². The van der Waals surface area contributed by atoms with Crippen LogP contribution in [0.4, 0.5) is 18.9 Å². The lowest BCUT2D eigenvalue weighted by Gasteiger charge is -2.11. The third-order valence-corrected chi connectivity index (χ3v) is 6.07. The maximum absolute atomic E-state index is 14.1. The van der Waals surface area contributed by atoms with Crippen LogP contribution in [0.15, 0.2) is 60.8 Å². The second-order valence-corrected chi connectivity index (χ2v) is 9.47. The van der Waals surface area contributed by atoms with Crippen LogP contribution in [0, 0.1) is 5.92 Å². The molecular formula is C27H24F3N7O2. The Morgan fingerprint density at radius 3 is 2.46 bits per heavy atom. The summed E-state index contributed by atoms with van der Waals surface area (Å²) >= 11 is 0. The van der Waals surface area contributed by atoms with E-state index in [0.717, 1.165) is 16.8 Å². The first-order valence-electron chi connectivity index (χ1n) is 12.1. The topological polar surface area (TPSA) is 106 Å². The predicted octanol–water partition coefficient (Wildman–Crippen LogP) is 4.94. The van der Waals surface area contributed by atoms with Gasteiger partial charge in [-0.05, 0) is 28.8 Å². The summed E-state index contributed by atoms with van der Waals surface area (Å²) in [6.45, 7) is 4.28. The number of aryl methyl sites for hydroxylation is 1. The van der Waals surface area contributed by atoms with E-state index in [0.29, 0.717) is 16.6 Å². The minimum absolute atomic E-state index is 0.0869. The lowest BCUT2D eigenvalue weighted by Crippen LogP contribution is -2.30. The van der Waals surface area contributed by atoms with Gasteiger partial charge in [0, 0.05) is 25.2 Å². The molecule has 0 fully saturated rings. The summed E-state index contributed by atoms with van der Waals surface area (Å²) in [6, 6.07) is 14.8. The summed E-state index contributed by atoms with van der Waals surface area (Å²) < 4.78 is 44.1. The zero-order valence-corrected chi connectivity index (χ0v) is 21.2. The van der Waals surface area contributed by atoms with Crippen LogP contribution in [0.5, 0.6) is 0 Å². The number of aromatic nitrogens is 5. The number of alkyl halides is 3. The summed E-state index contributed by atoms with van der Waals surface area (Å²) in [7, 11) is 1.54. The van der Waals surface area contributed by atoms with Crippen LogP contribution in [0.2, 0.25) is 0 Å². The number of nitrogens with one attached hydrogen (secondary N) is 2. The molecule has 12 heteroatoms. The third kappa shape index (κ3) is 5.17. The monoisotopic (exact) mass is 535 g/mol. The average Bonchev–Trinajstić information content (AvgIpc) is 3.49. The molecule has 9 nitrogen and oxygen atoms in total. The van der Waals surface area contributed by atoms with Gasteiger partial charge in [-0.1, -0.05) is 50.2 Å². The van der Waals surface area contributed by atoms with Gasteiger partial charge in [-0.25, -0.2) is 9.50 Å². The van der Waals surface area contributed by atoms with Gasteiger partial charge in [0.25, 0.3) is 11.8 Å². The second kappa shape index (κ2) is 9.86. The van der Waals surface area contributed by atoms with Crippen molar-refractivity contribution in [3.8, 4) is 11.3 Å². The van der Waals surface area contributed by atoms with E-state index in [-0.39, 0.29) is 34.3 Å². The lowest BCUT2D eigenvalue weighted by molar-refractivity contribution is -0.142. The minimum atomic E-state index is -4.77. The number of halogens is 3. The molecule has 5 aromatic rings. The number of hydrogen-bond donors (Lipinski definition) is 2. The number of rotatable bonds is 6. The zero-order chi connectivity index (χ0) is 27.9. The number of carbonyl (C=O) groups is 2. The largest absolute Gasteiger partial charge is 0.433 e. The molecule has 0 spiro atoms. The van der Waals surface area contributed by atoms with E-state index >= 15 is 0 Å². The summed E-state index contributed by atoms with van der Waals surface area (Å²) in [5.41, 5.74) is -0.766. The van der Waals surface area contributed by atoms with Crippen molar-refractivity contribution in [3.05, 3.63) is 77.9 Å². The molecule has 3 aromatic heterocycles. The van der Waals surface area contributed by atoms with Gasteiger partial charge in [0.1, 0.15) is 5.69 Å². The summed E-state index contributed by atoms with van der Waals surface area (Å²) in [5, 5.41) is 15.0. The van der Waals surface area contributed by atoms with E-state index in [1.54, 1.807) is 19.2 Å². The fourth-order valence-corrected chi connectivity index (χ4v) is 4.15. The van der Waals surface area contributed by atoms with Crippen LogP contribution in [-0.2, 0) is 13.2 Å². The van der Waals surface area contributed by atoms with Crippen LogP contribution in [0.3, 0.4) is 0 Å². The van der Waals surface area contributed by atoms with E-state index in [1.807, 2.05) is 44.2 Å². The van der Waals surface area contributed by atoms with Crippen molar-refractivity contribution >= 4 is 33.9 Å². The first-order valence-corrected chi connectivity index (χ1v) is 12.1. The van der Waals surface area contributed by atoms with E-state index in [1.165, 1.54) is 16.9 Å². The van der Waals surface area contributed by atoms with Crippen molar-refractivity contribution in [2.45, 2.75) is 20.0 Å². The molecule has 0 aliphatic heterocycles. The lowest BCUT2D eigenvalue weighted by atomic mass is 10.0.